The number of rotatable bonds is 4. The van der Waals surface area contributed by atoms with Gasteiger partial charge in [0.05, 0.1) is 11.5 Å². The Morgan fingerprint density at radius 2 is 2.20 bits per heavy atom. The summed E-state index contributed by atoms with van der Waals surface area (Å²) >= 11 is 0. The minimum Gasteiger partial charge on any atom is -0.374 e. The van der Waals surface area contributed by atoms with E-state index in [1.54, 1.807) is 13.0 Å². The summed E-state index contributed by atoms with van der Waals surface area (Å²) in [6.07, 6.45) is -2.54. The normalized spacial score (nSPS) is 10.4. The summed E-state index contributed by atoms with van der Waals surface area (Å²) in [5.41, 5.74) is 0.644. The second-order valence-electron chi connectivity index (χ2n) is 3.05. The van der Waals surface area contributed by atoms with Crippen LogP contribution in [-0.4, -0.2) is 17.9 Å². The van der Waals surface area contributed by atoms with E-state index in [-0.39, 0.29) is 11.4 Å². The molecule has 1 aromatic carbocycles. The van der Waals surface area contributed by atoms with Gasteiger partial charge in [0.1, 0.15) is 5.69 Å². The SMILES string of the molecule is Cc1ccc(NCC(F)F)c([N+](=O)[O-])c1. The predicted octanol–water partition coefficient (Wildman–Crippen LogP) is 2.58. The van der Waals surface area contributed by atoms with E-state index in [2.05, 4.69) is 5.32 Å². The first-order valence-corrected chi connectivity index (χ1v) is 4.28. The van der Waals surface area contributed by atoms with Gasteiger partial charge in [0.25, 0.3) is 12.1 Å². The van der Waals surface area contributed by atoms with Crippen LogP contribution in [0.2, 0.25) is 0 Å². The molecule has 0 saturated heterocycles. The minimum absolute atomic E-state index is 0.117. The first kappa shape index (κ1) is 11.4. The van der Waals surface area contributed by atoms with Crippen LogP contribution in [0.5, 0.6) is 0 Å². The van der Waals surface area contributed by atoms with Gasteiger partial charge in [-0.3, -0.25) is 10.1 Å². The zero-order valence-electron chi connectivity index (χ0n) is 8.04. The van der Waals surface area contributed by atoms with Gasteiger partial charge in [0.15, 0.2) is 0 Å². The molecule has 4 nitrogen and oxygen atoms in total. The zero-order chi connectivity index (χ0) is 11.4. The van der Waals surface area contributed by atoms with Crippen LogP contribution in [0.1, 0.15) is 5.56 Å². The zero-order valence-corrected chi connectivity index (χ0v) is 8.04. The van der Waals surface area contributed by atoms with E-state index < -0.39 is 17.9 Å². The summed E-state index contributed by atoms with van der Waals surface area (Å²) in [5, 5.41) is 12.9. The molecule has 1 N–H and O–H groups in total. The maximum absolute atomic E-state index is 11.9. The fraction of sp³-hybridized carbons (Fsp3) is 0.333. The molecule has 0 saturated carbocycles. The second kappa shape index (κ2) is 4.68. The number of nitro benzene ring substituents is 1. The predicted molar refractivity (Wildman–Crippen MR) is 52.3 cm³/mol. The van der Waals surface area contributed by atoms with Gasteiger partial charge < -0.3 is 5.32 Å². The summed E-state index contributed by atoms with van der Waals surface area (Å²) in [4.78, 5) is 10.0. The highest BCUT2D eigenvalue weighted by molar-refractivity contribution is 5.62. The average molecular weight is 216 g/mol. The standard InChI is InChI=1S/C9H10F2N2O2/c1-6-2-3-7(12-5-9(10)11)8(4-6)13(14)15/h2-4,9,12H,5H2,1H3. The van der Waals surface area contributed by atoms with Gasteiger partial charge in [-0.25, -0.2) is 8.78 Å². The number of aryl methyl sites for hydroxylation is 1. The third kappa shape index (κ3) is 3.16. The van der Waals surface area contributed by atoms with E-state index in [1.807, 2.05) is 0 Å². The lowest BCUT2D eigenvalue weighted by Gasteiger charge is -2.06. The van der Waals surface area contributed by atoms with Gasteiger partial charge in [-0.05, 0) is 18.6 Å². The molecule has 15 heavy (non-hydrogen) atoms. The summed E-state index contributed by atoms with van der Waals surface area (Å²) in [5.74, 6) is 0. The number of alkyl halides is 2. The molecule has 0 spiro atoms. The van der Waals surface area contributed by atoms with Crippen LogP contribution in [0.3, 0.4) is 0 Å². The highest BCUT2D eigenvalue weighted by Gasteiger charge is 2.14. The Hall–Kier alpha value is -1.72. The van der Waals surface area contributed by atoms with Crippen LogP contribution in [0.15, 0.2) is 18.2 Å². The lowest BCUT2D eigenvalue weighted by molar-refractivity contribution is -0.384. The Morgan fingerprint density at radius 1 is 1.53 bits per heavy atom. The smallest absolute Gasteiger partial charge is 0.292 e. The molecule has 0 aliphatic rings. The first-order valence-electron chi connectivity index (χ1n) is 4.28. The number of nitro groups is 1. The molecule has 1 aromatic rings. The second-order valence-corrected chi connectivity index (χ2v) is 3.05. The molecular formula is C9H10F2N2O2. The third-order valence-electron chi connectivity index (χ3n) is 1.80. The molecular weight excluding hydrogens is 206 g/mol. The molecule has 0 atom stereocenters. The molecule has 0 aliphatic carbocycles. The lowest BCUT2D eigenvalue weighted by Crippen LogP contribution is -2.11. The van der Waals surface area contributed by atoms with Crippen molar-refractivity contribution in [1.29, 1.82) is 0 Å². The van der Waals surface area contributed by atoms with Gasteiger partial charge in [-0.2, -0.15) is 0 Å². The molecule has 6 heteroatoms. The molecule has 0 amide bonds. The van der Waals surface area contributed by atoms with E-state index in [9.17, 15) is 18.9 Å². The quantitative estimate of drug-likeness (QED) is 0.621. The van der Waals surface area contributed by atoms with Gasteiger partial charge in [0, 0.05) is 6.07 Å². The van der Waals surface area contributed by atoms with Crippen molar-refractivity contribution in [1.82, 2.24) is 0 Å². The number of hydrogen-bond donors (Lipinski definition) is 1. The monoisotopic (exact) mass is 216 g/mol. The summed E-state index contributed by atoms with van der Waals surface area (Å²) in [6.45, 7) is 1.10. The molecule has 0 aromatic heterocycles. The summed E-state index contributed by atoms with van der Waals surface area (Å²) < 4.78 is 23.8. The van der Waals surface area contributed by atoms with E-state index >= 15 is 0 Å². The number of nitrogens with one attached hydrogen (secondary N) is 1. The first-order chi connectivity index (χ1) is 7.00. The Morgan fingerprint density at radius 3 is 2.73 bits per heavy atom. The number of halogens is 2. The van der Waals surface area contributed by atoms with Gasteiger partial charge >= 0.3 is 0 Å². The van der Waals surface area contributed by atoms with Crippen molar-refractivity contribution in [3.63, 3.8) is 0 Å². The van der Waals surface area contributed by atoms with Crippen LogP contribution < -0.4 is 5.32 Å². The Bertz CT molecular complexity index is 369. The van der Waals surface area contributed by atoms with E-state index in [0.717, 1.165) is 0 Å². The van der Waals surface area contributed by atoms with E-state index in [1.165, 1.54) is 12.1 Å². The fourth-order valence-corrected chi connectivity index (χ4v) is 1.13. The van der Waals surface area contributed by atoms with Crippen molar-refractivity contribution in [2.75, 3.05) is 11.9 Å². The van der Waals surface area contributed by atoms with Crippen molar-refractivity contribution >= 4 is 11.4 Å². The van der Waals surface area contributed by atoms with Crippen LogP contribution in [0, 0.1) is 17.0 Å². The minimum atomic E-state index is -2.54. The Balaban J connectivity index is 2.91. The van der Waals surface area contributed by atoms with Crippen molar-refractivity contribution in [2.45, 2.75) is 13.3 Å². The molecule has 0 unspecified atom stereocenters. The molecule has 0 fully saturated rings. The molecule has 0 radical (unpaired) electrons. The Kier molecular flexibility index (Phi) is 3.54. The van der Waals surface area contributed by atoms with Gasteiger partial charge in [0.2, 0.25) is 0 Å². The summed E-state index contributed by atoms with van der Waals surface area (Å²) in [6, 6.07) is 4.39. The average Bonchev–Trinajstić information content (AvgIpc) is 2.15. The largest absolute Gasteiger partial charge is 0.374 e. The highest BCUT2D eigenvalue weighted by Crippen LogP contribution is 2.25. The van der Waals surface area contributed by atoms with Crippen LogP contribution in [0.25, 0.3) is 0 Å². The Labute approximate surface area is 85.1 Å². The van der Waals surface area contributed by atoms with Crippen LogP contribution in [0.4, 0.5) is 20.2 Å². The van der Waals surface area contributed by atoms with Gasteiger partial charge in [-0.1, -0.05) is 6.07 Å². The van der Waals surface area contributed by atoms with Crippen molar-refractivity contribution in [3.8, 4) is 0 Å². The number of benzene rings is 1. The third-order valence-corrected chi connectivity index (χ3v) is 1.80. The maximum atomic E-state index is 11.9. The number of nitrogens with zero attached hydrogens (tertiary/aromatic N) is 1. The summed E-state index contributed by atoms with van der Waals surface area (Å²) in [7, 11) is 0. The topological polar surface area (TPSA) is 55.2 Å². The van der Waals surface area contributed by atoms with Gasteiger partial charge in [-0.15, -0.1) is 0 Å². The number of hydrogen-bond acceptors (Lipinski definition) is 3. The molecule has 0 aliphatic heterocycles. The lowest BCUT2D eigenvalue weighted by atomic mass is 10.2. The van der Waals surface area contributed by atoms with Crippen LogP contribution >= 0.6 is 0 Å². The highest BCUT2D eigenvalue weighted by atomic mass is 19.3. The van der Waals surface area contributed by atoms with E-state index in [0.29, 0.717) is 5.56 Å². The van der Waals surface area contributed by atoms with E-state index in [4.69, 9.17) is 0 Å². The van der Waals surface area contributed by atoms with Crippen molar-refractivity contribution in [2.24, 2.45) is 0 Å². The molecule has 0 bridgehead atoms. The van der Waals surface area contributed by atoms with Crippen molar-refractivity contribution in [3.05, 3.63) is 33.9 Å². The van der Waals surface area contributed by atoms with Crippen LogP contribution in [-0.2, 0) is 0 Å². The van der Waals surface area contributed by atoms with Crippen molar-refractivity contribution < 1.29 is 13.7 Å². The molecule has 0 heterocycles. The molecule has 1 rings (SSSR count). The molecule has 82 valence electrons. The fourth-order valence-electron chi connectivity index (χ4n) is 1.13. The maximum Gasteiger partial charge on any atom is 0.292 e. The number of anilines is 1.